The standard InChI is InChI=1S/C53H32N6/c54-33-34-25-27-35(28-26-34)38-19-12-20-43-41-17-6-11-24-48(41)59(52(38)43)51-32-50(58-46-22-9-4-15-39(46)40-16-5-10-23-47(40)58)55-53(56-51)36-29-30-49-44(31-36)42-18-7-8-21-45(42)57(49)37-13-2-1-3-14-37/h1-32H. The van der Waals surface area contributed by atoms with Crippen LogP contribution in [0.15, 0.2) is 194 Å². The van der Waals surface area contributed by atoms with E-state index >= 15 is 0 Å². The molecule has 0 aliphatic carbocycles. The SMILES string of the molecule is N#Cc1ccc(-c2cccc3c4ccccc4n(-c4cc(-n5c6ccccc6c6ccccc65)nc(-c5ccc6c(c5)c5ccccc5n6-c5ccccc5)n4)c23)cc1. The normalized spacial score (nSPS) is 11.7. The van der Waals surface area contributed by atoms with Gasteiger partial charge in [-0.15, -0.1) is 0 Å². The minimum atomic E-state index is 0.625. The lowest BCUT2D eigenvalue weighted by Crippen LogP contribution is -2.06. The van der Waals surface area contributed by atoms with E-state index in [9.17, 15) is 5.26 Å². The van der Waals surface area contributed by atoms with Gasteiger partial charge in [0.1, 0.15) is 11.6 Å². The Balaban J connectivity index is 1.18. The molecule has 8 aromatic carbocycles. The van der Waals surface area contributed by atoms with Gasteiger partial charge in [-0.25, -0.2) is 9.97 Å². The third-order valence-corrected chi connectivity index (χ3v) is 11.7. The zero-order valence-corrected chi connectivity index (χ0v) is 31.7. The van der Waals surface area contributed by atoms with E-state index in [1.54, 1.807) is 0 Å². The Hall–Kier alpha value is -8.27. The molecule has 0 spiro atoms. The third-order valence-electron chi connectivity index (χ3n) is 11.7. The van der Waals surface area contributed by atoms with Crippen molar-refractivity contribution in [1.29, 1.82) is 5.26 Å². The molecule has 0 radical (unpaired) electrons. The van der Waals surface area contributed by atoms with Gasteiger partial charge in [0.15, 0.2) is 5.82 Å². The minimum absolute atomic E-state index is 0.625. The number of hydrogen-bond donors (Lipinski definition) is 0. The molecule has 0 aliphatic rings. The van der Waals surface area contributed by atoms with Crippen molar-refractivity contribution in [3.63, 3.8) is 0 Å². The van der Waals surface area contributed by atoms with Crippen LogP contribution in [0.4, 0.5) is 0 Å². The van der Waals surface area contributed by atoms with E-state index < -0.39 is 0 Å². The summed E-state index contributed by atoms with van der Waals surface area (Å²) in [6.07, 6.45) is 0. The van der Waals surface area contributed by atoms with Gasteiger partial charge in [0, 0.05) is 55.2 Å². The average molecular weight is 753 g/mol. The van der Waals surface area contributed by atoms with Gasteiger partial charge in [0.2, 0.25) is 0 Å². The molecule has 0 bridgehead atoms. The van der Waals surface area contributed by atoms with Crippen molar-refractivity contribution in [1.82, 2.24) is 23.7 Å². The van der Waals surface area contributed by atoms with Crippen molar-refractivity contribution in [3.05, 3.63) is 200 Å². The van der Waals surface area contributed by atoms with Gasteiger partial charge in [0.25, 0.3) is 0 Å². The van der Waals surface area contributed by atoms with Crippen LogP contribution < -0.4 is 0 Å². The van der Waals surface area contributed by atoms with Crippen LogP contribution in [0.25, 0.3) is 105 Å². The minimum Gasteiger partial charge on any atom is -0.309 e. The van der Waals surface area contributed by atoms with Gasteiger partial charge in [0.05, 0.1) is 44.7 Å². The summed E-state index contributed by atoms with van der Waals surface area (Å²) in [5, 5.41) is 16.5. The predicted octanol–water partition coefficient (Wildman–Crippen LogP) is 13.0. The molecule has 4 aromatic heterocycles. The fourth-order valence-electron chi connectivity index (χ4n) is 9.13. The zero-order valence-electron chi connectivity index (χ0n) is 31.7. The predicted molar refractivity (Wildman–Crippen MR) is 241 cm³/mol. The highest BCUT2D eigenvalue weighted by Gasteiger charge is 2.22. The van der Waals surface area contributed by atoms with Gasteiger partial charge >= 0.3 is 0 Å². The van der Waals surface area contributed by atoms with Gasteiger partial charge in [-0.1, -0.05) is 121 Å². The number of nitriles is 1. The second-order valence-corrected chi connectivity index (χ2v) is 14.9. The van der Waals surface area contributed by atoms with Crippen molar-refractivity contribution < 1.29 is 0 Å². The van der Waals surface area contributed by atoms with E-state index in [-0.39, 0.29) is 0 Å². The summed E-state index contributed by atoms with van der Waals surface area (Å²) in [4.78, 5) is 11.0. The summed E-state index contributed by atoms with van der Waals surface area (Å²) in [5.74, 6) is 2.15. The molecule has 0 atom stereocenters. The Morgan fingerprint density at radius 1 is 0.373 bits per heavy atom. The van der Waals surface area contributed by atoms with Crippen molar-refractivity contribution in [2.75, 3.05) is 0 Å². The number of hydrogen-bond acceptors (Lipinski definition) is 3. The highest BCUT2D eigenvalue weighted by Crippen LogP contribution is 2.40. The van der Waals surface area contributed by atoms with Gasteiger partial charge in [-0.2, -0.15) is 5.26 Å². The average Bonchev–Trinajstić information content (AvgIpc) is 3.95. The molecule has 0 fully saturated rings. The molecule has 59 heavy (non-hydrogen) atoms. The van der Waals surface area contributed by atoms with E-state index in [1.165, 1.54) is 16.2 Å². The number of rotatable bonds is 5. The second-order valence-electron chi connectivity index (χ2n) is 14.9. The summed E-state index contributed by atoms with van der Waals surface area (Å²) in [7, 11) is 0. The molecule has 6 nitrogen and oxygen atoms in total. The Labute approximate surface area is 338 Å². The van der Waals surface area contributed by atoms with Gasteiger partial charge < -0.3 is 4.57 Å². The summed E-state index contributed by atoms with van der Waals surface area (Å²) < 4.78 is 6.90. The number of para-hydroxylation sites is 6. The molecule has 0 amide bonds. The molecule has 6 heteroatoms. The van der Waals surface area contributed by atoms with Crippen LogP contribution in [0.2, 0.25) is 0 Å². The first-order valence-electron chi connectivity index (χ1n) is 19.7. The van der Waals surface area contributed by atoms with Crippen LogP contribution in [0, 0.1) is 11.3 Å². The van der Waals surface area contributed by atoms with Crippen molar-refractivity contribution >= 4 is 65.4 Å². The molecular formula is C53H32N6. The van der Waals surface area contributed by atoms with Crippen LogP contribution in [-0.2, 0) is 0 Å². The fourth-order valence-corrected chi connectivity index (χ4v) is 9.13. The van der Waals surface area contributed by atoms with Crippen LogP contribution >= 0.6 is 0 Å². The Kier molecular flexibility index (Phi) is 7.19. The molecule has 0 aliphatic heterocycles. The molecular weight excluding hydrogens is 721 g/mol. The largest absolute Gasteiger partial charge is 0.309 e. The molecule has 0 saturated carbocycles. The lowest BCUT2D eigenvalue weighted by Gasteiger charge is -2.15. The van der Waals surface area contributed by atoms with Gasteiger partial charge in [-0.3, -0.25) is 9.13 Å². The molecule has 0 N–H and O–H groups in total. The molecule has 12 rings (SSSR count). The molecule has 4 heterocycles. The quantitative estimate of drug-likeness (QED) is 0.176. The number of fused-ring (bicyclic) bond motifs is 9. The third kappa shape index (κ3) is 4.99. The Bertz CT molecular complexity index is 3620. The van der Waals surface area contributed by atoms with E-state index in [2.05, 4.69) is 190 Å². The summed E-state index contributed by atoms with van der Waals surface area (Å²) in [6.45, 7) is 0. The second kappa shape index (κ2) is 12.9. The fraction of sp³-hybridized carbons (Fsp3) is 0. The monoisotopic (exact) mass is 752 g/mol. The number of aromatic nitrogens is 5. The van der Waals surface area contributed by atoms with Crippen LogP contribution in [0.5, 0.6) is 0 Å². The highest BCUT2D eigenvalue weighted by atomic mass is 15.1. The van der Waals surface area contributed by atoms with Crippen LogP contribution in [-0.4, -0.2) is 23.7 Å². The summed E-state index contributed by atoms with van der Waals surface area (Å²) in [5.41, 5.74) is 11.2. The van der Waals surface area contributed by atoms with Crippen molar-refractivity contribution in [3.8, 4) is 45.9 Å². The van der Waals surface area contributed by atoms with Gasteiger partial charge in [-0.05, 0) is 72.3 Å². The number of nitrogens with zero attached hydrogens (tertiary/aromatic N) is 6. The highest BCUT2D eigenvalue weighted by molar-refractivity contribution is 6.14. The molecule has 12 aromatic rings. The van der Waals surface area contributed by atoms with Crippen LogP contribution in [0.3, 0.4) is 0 Å². The smallest absolute Gasteiger partial charge is 0.163 e. The maximum Gasteiger partial charge on any atom is 0.163 e. The summed E-state index contributed by atoms with van der Waals surface area (Å²) in [6, 6.07) is 70.1. The topological polar surface area (TPSA) is 64.4 Å². The van der Waals surface area contributed by atoms with Crippen LogP contribution in [0.1, 0.15) is 5.56 Å². The van der Waals surface area contributed by atoms with E-state index in [0.717, 1.165) is 83.3 Å². The molecule has 0 saturated heterocycles. The molecule has 0 unspecified atom stereocenters. The van der Waals surface area contributed by atoms with E-state index in [1.807, 2.05) is 24.3 Å². The zero-order chi connectivity index (χ0) is 39.0. The first-order valence-corrected chi connectivity index (χ1v) is 19.7. The first kappa shape index (κ1) is 32.9. The lowest BCUT2D eigenvalue weighted by atomic mass is 10.0. The van der Waals surface area contributed by atoms with E-state index in [0.29, 0.717) is 11.4 Å². The van der Waals surface area contributed by atoms with E-state index in [4.69, 9.17) is 9.97 Å². The lowest BCUT2D eigenvalue weighted by molar-refractivity contribution is 0.994. The van der Waals surface area contributed by atoms with Crippen molar-refractivity contribution in [2.45, 2.75) is 0 Å². The maximum atomic E-state index is 9.61. The number of benzene rings is 8. The first-order chi connectivity index (χ1) is 29.2. The molecule has 274 valence electrons. The Morgan fingerprint density at radius 3 is 1.51 bits per heavy atom. The Morgan fingerprint density at radius 2 is 0.864 bits per heavy atom. The summed E-state index contributed by atoms with van der Waals surface area (Å²) >= 11 is 0. The maximum absolute atomic E-state index is 9.61. The van der Waals surface area contributed by atoms with Crippen molar-refractivity contribution in [2.24, 2.45) is 0 Å².